The van der Waals surface area contributed by atoms with Crippen molar-refractivity contribution in [2.45, 2.75) is 58.5 Å². The van der Waals surface area contributed by atoms with Crippen LogP contribution in [0.15, 0.2) is 52.1 Å². The summed E-state index contributed by atoms with van der Waals surface area (Å²) in [4.78, 5) is 17.5. The van der Waals surface area contributed by atoms with Crippen LogP contribution >= 0.6 is 0 Å². The maximum Gasteiger partial charge on any atom is 0.255 e. The van der Waals surface area contributed by atoms with Gasteiger partial charge in [-0.2, -0.15) is 5.10 Å². The van der Waals surface area contributed by atoms with E-state index < -0.39 is 0 Å². The van der Waals surface area contributed by atoms with E-state index in [1.54, 1.807) is 6.20 Å². The molecule has 3 aliphatic rings. The van der Waals surface area contributed by atoms with Crippen LogP contribution in [-0.4, -0.2) is 38.8 Å². The second-order valence-corrected chi connectivity index (χ2v) is 8.39. The topological polar surface area (TPSA) is 67.4 Å². The lowest BCUT2D eigenvalue weighted by Gasteiger charge is -2.21. The Bertz CT molecular complexity index is 1060. The predicted molar refractivity (Wildman–Crippen MR) is 114 cm³/mol. The Morgan fingerprint density at radius 1 is 1.23 bits per heavy atom. The van der Waals surface area contributed by atoms with Crippen molar-refractivity contribution >= 4 is 11.6 Å². The van der Waals surface area contributed by atoms with E-state index in [0.29, 0.717) is 6.54 Å². The molecule has 156 valence electrons. The summed E-state index contributed by atoms with van der Waals surface area (Å²) < 4.78 is 7.12. The normalized spacial score (nSPS) is 21.1. The van der Waals surface area contributed by atoms with Gasteiger partial charge in [0.05, 0.1) is 24.1 Å². The van der Waals surface area contributed by atoms with Gasteiger partial charge in [0.25, 0.3) is 5.91 Å². The highest BCUT2D eigenvalue weighted by Crippen LogP contribution is 2.42. The van der Waals surface area contributed by atoms with E-state index in [9.17, 15) is 4.79 Å². The van der Waals surface area contributed by atoms with Crippen LogP contribution in [0.25, 0.3) is 0 Å². The number of likely N-dealkylation sites (N-methyl/N-ethyl adjacent to an activating group) is 1. The monoisotopic (exact) mass is 405 g/mol. The first-order valence-electron chi connectivity index (χ1n) is 10.6. The molecule has 0 N–H and O–H groups in total. The van der Waals surface area contributed by atoms with Crippen LogP contribution in [0, 0.1) is 13.8 Å². The van der Waals surface area contributed by atoms with Crippen molar-refractivity contribution in [3.05, 3.63) is 64.6 Å². The van der Waals surface area contributed by atoms with E-state index in [0.717, 1.165) is 60.6 Å². The lowest BCUT2D eigenvalue weighted by atomic mass is 9.99. The highest BCUT2D eigenvalue weighted by molar-refractivity contribution is 6.03. The smallest absolute Gasteiger partial charge is 0.255 e. The lowest BCUT2D eigenvalue weighted by molar-refractivity contribution is -0.119. The first kappa shape index (κ1) is 18.9. The summed E-state index contributed by atoms with van der Waals surface area (Å²) in [7, 11) is 2.05. The fraction of sp³-hybridized carbons (Fsp3) is 0.435. The van der Waals surface area contributed by atoms with E-state index in [1.807, 2.05) is 36.7 Å². The van der Waals surface area contributed by atoms with Crippen molar-refractivity contribution < 1.29 is 9.32 Å². The molecule has 1 amide bonds. The maximum atomic E-state index is 13.5. The van der Waals surface area contributed by atoms with Crippen molar-refractivity contribution in [2.75, 3.05) is 11.9 Å². The molecular weight excluding hydrogens is 378 g/mol. The van der Waals surface area contributed by atoms with Crippen LogP contribution in [0.5, 0.6) is 0 Å². The highest BCUT2D eigenvalue weighted by Gasteiger charge is 2.44. The molecule has 2 aromatic rings. The van der Waals surface area contributed by atoms with Crippen molar-refractivity contribution in [3.8, 4) is 0 Å². The summed E-state index contributed by atoms with van der Waals surface area (Å²) in [6.07, 6.45) is 15.4. The maximum absolute atomic E-state index is 13.5. The Kier molecular flexibility index (Phi) is 4.60. The van der Waals surface area contributed by atoms with Gasteiger partial charge >= 0.3 is 0 Å². The largest absolute Gasteiger partial charge is 0.361 e. The molecule has 1 saturated heterocycles. The van der Waals surface area contributed by atoms with E-state index in [4.69, 9.17) is 4.52 Å². The summed E-state index contributed by atoms with van der Waals surface area (Å²) in [5.41, 5.74) is 5.33. The molecule has 5 rings (SSSR count). The van der Waals surface area contributed by atoms with Crippen molar-refractivity contribution in [2.24, 2.45) is 0 Å². The summed E-state index contributed by atoms with van der Waals surface area (Å²) in [5.74, 6) is 1.97. The van der Waals surface area contributed by atoms with Gasteiger partial charge in [-0.1, -0.05) is 23.4 Å². The van der Waals surface area contributed by atoms with E-state index in [-0.39, 0.29) is 11.9 Å². The highest BCUT2D eigenvalue weighted by atomic mass is 16.5. The minimum absolute atomic E-state index is 0.128. The number of rotatable bonds is 5. The minimum Gasteiger partial charge on any atom is -0.361 e. The van der Waals surface area contributed by atoms with Gasteiger partial charge in [-0.15, -0.1) is 0 Å². The van der Waals surface area contributed by atoms with Crippen LogP contribution in [-0.2, 0) is 11.3 Å². The van der Waals surface area contributed by atoms with Gasteiger partial charge in [0.1, 0.15) is 17.6 Å². The molecule has 7 nitrogen and oxygen atoms in total. The molecule has 7 heteroatoms. The van der Waals surface area contributed by atoms with Gasteiger partial charge in [0, 0.05) is 25.2 Å². The average molecular weight is 406 g/mol. The molecule has 0 aromatic carbocycles. The summed E-state index contributed by atoms with van der Waals surface area (Å²) in [6, 6.07) is -0.173. The Balaban J connectivity index is 1.42. The molecule has 0 radical (unpaired) electrons. The number of aryl methyl sites for hydroxylation is 2. The predicted octanol–water partition coefficient (Wildman–Crippen LogP) is 3.86. The van der Waals surface area contributed by atoms with Crippen LogP contribution in [0.4, 0.5) is 5.69 Å². The Labute approximate surface area is 176 Å². The Morgan fingerprint density at radius 2 is 2.07 bits per heavy atom. The molecule has 1 aliphatic heterocycles. The number of carbonyl (C=O) groups is 1. The number of hydrogen-bond donors (Lipinski definition) is 0. The van der Waals surface area contributed by atoms with Gasteiger partial charge in [-0.3, -0.25) is 14.4 Å². The SMILES string of the molecule is Cc1noc(C)c1Cn1cc(N2C(=O)C(CC3=CCCC=C3)N(C)C2=C2CC2)cn1. The number of allylic oxidation sites excluding steroid dienone is 4. The van der Waals surface area contributed by atoms with Crippen LogP contribution < -0.4 is 4.90 Å². The van der Waals surface area contributed by atoms with Crippen molar-refractivity contribution in [3.63, 3.8) is 0 Å². The molecule has 2 fully saturated rings. The van der Waals surface area contributed by atoms with Gasteiger partial charge in [-0.25, -0.2) is 0 Å². The fourth-order valence-corrected chi connectivity index (χ4v) is 4.38. The number of aromatic nitrogens is 3. The van der Waals surface area contributed by atoms with E-state index >= 15 is 0 Å². The summed E-state index contributed by atoms with van der Waals surface area (Å²) in [6.45, 7) is 4.42. The van der Waals surface area contributed by atoms with Crippen LogP contribution in [0.3, 0.4) is 0 Å². The fourth-order valence-electron chi connectivity index (χ4n) is 4.38. The zero-order valence-corrected chi connectivity index (χ0v) is 17.8. The molecule has 2 aromatic heterocycles. The summed E-state index contributed by atoms with van der Waals surface area (Å²) in [5, 5.41) is 8.54. The average Bonchev–Trinajstić information content (AvgIpc) is 3.33. The number of nitrogens with zero attached hydrogens (tertiary/aromatic N) is 5. The zero-order chi connectivity index (χ0) is 20.8. The number of hydrogen-bond acceptors (Lipinski definition) is 5. The third-order valence-electron chi connectivity index (χ3n) is 6.22. The summed E-state index contributed by atoms with van der Waals surface area (Å²) >= 11 is 0. The molecule has 1 saturated carbocycles. The molecule has 0 bridgehead atoms. The van der Waals surface area contributed by atoms with E-state index in [1.165, 1.54) is 11.1 Å². The third kappa shape index (κ3) is 3.28. The molecule has 30 heavy (non-hydrogen) atoms. The first-order valence-corrected chi connectivity index (χ1v) is 10.6. The van der Waals surface area contributed by atoms with Gasteiger partial charge in [0.2, 0.25) is 0 Å². The molecule has 0 spiro atoms. The molecule has 1 unspecified atom stereocenters. The second kappa shape index (κ2) is 7.31. The Morgan fingerprint density at radius 3 is 2.73 bits per heavy atom. The van der Waals surface area contributed by atoms with Crippen LogP contribution in [0.2, 0.25) is 0 Å². The second-order valence-electron chi connectivity index (χ2n) is 8.39. The van der Waals surface area contributed by atoms with Gasteiger partial charge in [-0.05, 0) is 50.7 Å². The van der Waals surface area contributed by atoms with Gasteiger partial charge in [0.15, 0.2) is 0 Å². The van der Waals surface area contributed by atoms with Crippen LogP contribution in [0.1, 0.15) is 49.1 Å². The number of anilines is 1. The van der Waals surface area contributed by atoms with Gasteiger partial charge < -0.3 is 9.42 Å². The number of amides is 1. The molecule has 2 aliphatic carbocycles. The van der Waals surface area contributed by atoms with Crippen molar-refractivity contribution in [1.29, 1.82) is 0 Å². The Hall–Kier alpha value is -3.09. The van der Waals surface area contributed by atoms with Crippen molar-refractivity contribution in [1.82, 2.24) is 19.8 Å². The lowest BCUT2D eigenvalue weighted by Crippen LogP contribution is -2.31. The molecule has 3 heterocycles. The first-order chi connectivity index (χ1) is 14.5. The minimum atomic E-state index is -0.173. The zero-order valence-electron chi connectivity index (χ0n) is 17.8. The quantitative estimate of drug-likeness (QED) is 0.756. The van der Waals surface area contributed by atoms with E-state index in [2.05, 4.69) is 33.4 Å². The molecular formula is C23H27N5O2. The number of carbonyl (C=O) groups excluding carboxylic acids is 1. The molecule has 1 atom stereocenters. The standard InChI is InChI=1S/C23H27N5O2/c1-15-20(16(2)30-25-15)14-27-13-19(12-24-27)28-22(18-9-10-18)26(3)21(23(28)29)11-17-7-5-4-6-8-17/h5,7-8,12-13,21H,4,6,9-11,14H2,1-3H3. The third-order valence-corrected chi connectivity index (χ3v) is 6.22.